The maximum Gasteiger partial charge on any atom is 0.227 e. The first-order valence-electron chi connectivity index (χ1n) is 7.60. The van der Waals surface area contributed by atoms with Crippen molar-refractivity contribution in [2.45, 2.75) is 39.2 Å². The summed E-state index contributed by atoms with van der Waals surface area (Å²) in [6.07, 6.45) is 2.35. The highest BCUT2D eigenvalue weighted by Gasteiger charge is 2.29. The molecule has 1 aliphatic heterocycles. The summed E-state index contributed by atoms with van der Waals surface area (Å²) >= 11 is 0. The Morgan fingerprint density at radius 3 is 2.62 bits per heavy atom. The van der Waals surface area contributed by atoms with Crippen LogP contribution in [0, 0.1) is 6.92 Å². The molecule has 1 atom stereocenters. The summed E-state index contributed by atoms with van der Waals surface area (Å²) in [5.74, 6) is 0.230. The molecule has 2 heteroatoms. The molecule has 0 aromatic heterocycles. The minimum atomic E-state index is 0.230. The summed E-state index contributed by atoms with van der Waals surface area (Å²) in [6, 6.07) is 17.0. The molecule has 3 rings (SSSR count). The number of anilines is 1. The van der Waals surface area contributed by atoms with Crippen LogP contribution in [0.15, 0.2) is 48.5 Å². The van der Waals surface area contributed by atoms with Gasteiger partial charge in [0, 0.05) is 18.2 Å². The van der Waals surface area contributed by atoms with E-state index in [0.717, 1.165) is 18.5 Å². The molecule has 2 aromatic rings. The van der Waals surface area contributed by atoms with Gasteiger partial charge < -0.3 is 4.90 Å². The second kappa shape index (κ2) is 5.72. The molecule has 108 valence electrons. The number of rotatable bonds is 3. The Morgan fingerprint density at radius 1 is 1.14 bits per heavy atom. The molecular weight excluding hydrogens is 258 g/mol. The van der Waals surface area contributed by atoms with Crippen molar-refractivity contribution in [1.29, 1.82) is 0 Å². The molecule has 0 unspecified atom stereocenters. The highest BCUT2D eigenvalue weighted by Crippen LogP contribution is 2.32. The average Bonchev–Trinajstić information content (AvgIpc) is 2.82. The molecule has 2 aromatic carbocycles. The van der Waals surface area contributed by atoms with Crippen LogP contribution in [0.1, 0.15) is 30.0 Å². The smallest absolute Gasteiger partial charge is 0.227 e. The van der Waals surface area contributed by atoms with Gasteiger partial charge in [-0.15, -0.1) is 0 Å². The quantitative estimate of drug-likeness (QED) is 0.834. The normalized spacial score (nSPS) is 16.9. The summed E-state index contributed by atoms with van der Waals surface area (Å²) in [7, 11) is 0. The zero-order valence-electron chi connectivity index (χ0n) is 12.7. The van der Waals surface area contributed by atoms with Gasteiger partial charge in [-0.1, -0.05) is 48.0 Å². The third kappa shape index (κ3) is 2.85. The number of aryl methyl sites for hydroxylation is 2. The first-order valence-corrected chi connectivity index (χ1v) is 7.60. The van der Waals surface area contributed by atoms with Gasteiger partial charge in [0.1, 0.15) is 0 Å². The lowest BCUT2D eigenvalue weighted by Gasteiger charge is -2.22. The van der Waals surface area contributed by atoms with Gasteiger partial charge in [-0.2, -0.15) is 0 Å². The molecule has 0 saturated heterocycles. The number of nitrogens with zero attached hydrogens (tertiary/aromatic N) is 1. The molecule has 0 radical (unpaired) electrons. The molecule has 0 fully saturated rings. The van der Waals surface area contributed by atoms with E-state index in [1.165, 1.54) is 16.7 Å². The molecular formula is C19H21NO. The van der Waals surface area contributed by atoms with Crippen LogP contribution in [-0.4, -0.2) is 11.9 Å². The number of benzene rings is 2. The molecule has 0 N–H and O–H groups in total. The van der Waals surface area contributed by atoms with Gasteiger partial charge >= 0.3 is 0 Å². The molecule has 2 nitrogen and oxygen atoms in total. The van der Waals surface area contributed by atoms with Crippen molar-refractivity contribution >= 4 is 11.6 Å². The Labute approximate surface area is 126 Å². The second-order valence-corrected chi connectivity index (χ2v) is 5.93. The molecule has 0 spiro atoms. The van der Waals surface area contributed by atoms with Crippen molar-refractivity contribution < 1.29 is 4.79 Å². The maximum absolute atomic E-state index is 12.6. The van der Waals surface area contributed by atoms with Crippen LogP contribution in [0.5, 0.6) is 0 Å². The van der Waals surface area contributed by atoms with Crippen LogP contribution >= 0.6 is 0 Å². The summed E-state index contributed by atoms with van der Waals surface area (Å²) in [4.78, 5) is 14.6. The van der Waals surface area contributed by atoms with E-state index in [1.54, 1.807) is 0 Å². The van der Waals surface area contributed by atoms with Crippen LogP contribution in [0.2, 0.25) is 0 Å². The number of amides is 1. The van der Waals surface area contributed by atoms with Crippen molar-refractivity contribution in [2.75, 3.05) is 4.90 Å². The van der Waals surface area contributed by atoms with E-state index in [2.05, 4.69) is 50.2 Å². The molecule has 1 heterocycles. The summed E-state index contributed by atoms with van der Waals surface area (Å²) in [6.45, 7) is 4.21. The Morgan fingerprint density at radius 2 is 1.86 bits per heavy atom. The number of para-hydroxylation sites is 1. The fourth-order valence-corrected chi connectivity index (χ4v) is 3.07. The van der Waals surface area contributed by atoms with E-state index in [0.29, 0.717) is 6.42 Å². The van der Waals surface area contributed by atoms with Gasteiger partial charge in [-0.05, 0) is 43.9 Å². The van der Waals surface area contributed by atoms with Crippen LogP contribution in [0.3, 0.4) is 0 Å². The third-order valence-corrected chi connectivity index (χ3v) is 4.22. The van der Waals surface area contributed by atoms with E-state index >= 15 is 0 Å². The van der Waals surface area contributed by atoms with E-state index in [-0.39, 0.29) is 11.9 Å². The van der Waals surface area contributed by atoms with Crippen molar-refractivity contribution in [3.8, 4) is 0 Å². The number of carbonyl (C=O) groups is 1. The standard InChI is InChI=1S/C19H21NO/c1-14-7-9-16(10-8-14)11-12-19(21)20-15(2)13-17-5-3-4-6-18(17)20/h3-10,15H,11-13H2,1-2H3/t15-/m0/s1. The monoisotopic (exact) mass is 279 g/mol. The summed E-state index contributed by atoms with van der Waals surface area (Å²) in [5.41, 5.74) is 4.87. The lowest BCUT2D eigenvalue weighted by molar-refractivity contribution is -0.118. The molecule has 21 heavy (non-hydrogen) atoms. The highest BCUT2D eigenvalue weighted by atomic mass is 16.2. The summed E-state index contributed by atoms with van der Waals surface area (Å²) < 4.78 is 0. The van der Waals surface area contributed by atoms with Crippen LogP contribution in [0.25, 0.3) is 0 Å². The Kier molecular flexibility index (Phi) is 3.78. The molecule has 0 bridgehead atoms. The Bertz CT molecular complexity index is 645. The van der Waals surface area contributed by atoms with E-state index in [1.807, 2.05) is 17.0 Å². The van der Waals surface area contributed by atoms with Crippen molar-refractivity contribution in [1.82, 2.24) is 0 Å². The fraction of sp³-hybridized carbons (Fsp3) is 0.316. The molecule has 0 aliphatic carbocycles. The van der Waals surface area contributed by atoms with E-state index in [9.17, 15) is 4.79 Å². The first-order chi connectivity index (χ1) is 10.1. The number of fused-ring (bicyclic) bond motifs is 1. The van der Waals surface area contributed by atoms with Gasteiger partial charge in [0.05, 0.1) is 0 Å². The van der Waals surface area contributed by atoms with Gasteiger partial charge in [0.15, 0.2) is 0 Å². The first kappa shape index (κ1) is 13.9. The number of carbonyl (C=O) groups excluding carboxylic acids is 1. The van der Waals surface area contributed by atoms with Gasteiger partial charge in [0.2, 0.25) is 5.91 Å². The van der Waals surface area contributed by atoms with Crippen molar-refractivity contribution in [3.05, 3.63) is 65.2 Å². The molecule has 1 amide bonds. The SMILES string of the molecule is Cc1ccc(CCC(=O)N2c3ccccc3C[C@@H]2C)cc1. The van der Waals surface area contributed by atoms with E-state index < -0.39 is 0 Å². The van der Waals surface area contributed by atoms with E-state index in [4.69, 9.17) is 0 Å². The predicted octanol–water partition coefficient (Wildman–Crippen LogP) is 3.91. The Balaban J connectivity index is 1.70. The average molecular weight is 279 g/mol. The van der Waals surface area contributed by atoms with Gasteiger partial charge in [0.25, 0.3) is 0 Å². The van der Waals surface area contributed by atoms with Crippen molar-refractivity contribution in [3.63, 3.8) is 0 Å². The summed E-state index contributed by atoms with van der Waals surface area (Å²) in [5, 5.41) is 0. The molecule has 0 saturated carbocycles. The van der Waals surface area contributed by atoms with Gasteiger partial charge in [-0.25, -0.2) is 0 Å². The Hall–Kier alpha value is -2.09. The van der Waals surface area contributed by atoms with Crippen LogP contribution < -0.4 is 4.90 Å². The zero-order valence-corrected chi connectivity index (χ0v) is 12.7. The zero-order chi connectivity index (χ0) is 14.8. The minimum absolute atomic E-state index is 0.230. The third-order valence-electron chi connectivity index (χ3n) is 4.22. The number of hydrogen-bond acceptors (Lipinski definition) is 1. The van der Waals surface area contributed by atoms with Crippen LogP contribution in [-0.2, 0) is 17.6 Å². The topological polar surface area (TPSA) is 20.3 Å². The molecule has 1 aliphatic rings. The highest BCUT2D eigenvalue weighted by molar-refractivity contribution is 5.96. The maximum atomic E-state index is 12.6. The number of hydrogen-bond donors (Lipinski definition) is 0. The fourth-order valence-electron chi connectivity index (χ4n) is 3.07. The van der Waals surface area contributed by atoms with Crippen molar-refractivity contribution in [2.24, 2.45) is 0 Å². The second-order valence-electron chi connectivity index (χ2n) is 5.93. The van der Waals surface area contributed by atoms with Crippen LogP contribution in [0.4, 0.5) is 5.69 Å². The lowest BCUT2D eigenvalue weighted by atomic mass is 10.1. The largest absolute Gasteiger partial charge is 0.309 e. The predicted molar refractivity (Wildman–Crippen MR) is 86.6 cm³/mol. The van der Waals surface area contributed by atoms with Gasteiger partial charge in [-0.3, -0.25) is 4.79 Å². The minimum Gasteiger partial charge on any atom is -0.309 e. The lowest BCUT2D eigenvalue weighted by Crippen LogP contribution is -2.35.